The van der Waals surface area contributed by atoms with Gasteiger partial charge in [-0.25, -0.2) is 9.97 Å². The van der Waals surface area contributed by atoms with E-state index in [1.807, 2.05) is 0 Å². The minimum atomic E-state index is 0.307. The van der Waals surface area contributed by atoms with Crippen molar-refractivity contribution in [2.24, 2.45) is 0 Å². The van der Waals surface area contributed by atoms with Gasteiger partial charge in [-0.1, -0.05) is 0 Å². The molecule has 0 saturated carbocycles. The largest absolute Gasteiger partial charge is 0.308 e. The van der Waals surface area contributed by atoms with E-state index in [2.05, 4.69) is 31.2 Å². The Balaban J connectivity index is 2.34. The van der Waals surface area contributed by atoms with Crippen LogP contribution in [0, 0.1) is 0 Å². The summed E-state index contributed by atoms with van der Waals surface area (Å²) in [6.07, 6.45) is 2.80. The van der Waals surface area contributed by atoms with E-state index >= 15 is 0 Å². The fourth-order valence-electron chi connectivity index (χ4n) is 1.12. The molecule has 3 nitrogen and oxygen atoms in total. The third-order valence-electron chi connectivity index (χ3n) is 1.90. The molecule has 0 aliphatic carbocycles. The van der Waals surface area contributed by atoms with Crippen molar-refractivity contribution in [2.45, 2.75) is 12.5 Å². The molecule has 64 valence electrons. The van der Waals surface area contributed by atoms with Gasteiger partial charge in [0.05, 0.1) is 16.2 Å². The van der Waals surface area contributed by atoms with Crippen LogP contribution in [0.3, 0.4) is 0 Å². The lowest BCUT2D eigenvalue weighted by Crippen LogP contribution is -2.35. The zero-order valence-electron chi connectivity index (χ0n) is 6.22. The molecule has 1 atom stereocenters. The number of hydrogen-bond donors (Lipinski definition) is 1. The highest BCUT2D eigenvalue weighted by Crippen LogP contribution is 2.27. The lowest BCUT2D eigenvalue weighted by atomic mass is 10.0. The third kappa shape index (κ3) is 1.46. The molecule has 1 aliphatic heterocycles. The molecule has 1 unspecified atom stereocenters. The van der Waals surface area contributed by atoms with Crippen LogP contribution in [0.1, 0.15) is 18.2 Å². The lowest BCUT2D eigenvalue weighted by Gasteiger charge is -2.27. The van der Waals surface area contributed by atoms with E-state index in [4.69, 9.17) is 11.6 Å². The molecule has 1 fully saturated rings. The van der Waals surface area contributed by atoms with Crippen molar-refractivity contribution in [1.82, 2.24) is 15.3 Å². The van der Waals surface area contributed by atoms with E-state index in [0.29, 0.717) is 11.3 Å². The Labute approximate surface area is 83.7 Å². The molecule has 5 heteroatoms. The minimum absolute atomic E-state index is 0.307. The van der Waals surface area contributed by atoms with Crippen LogP contribution < -0.4 is 5.32 Å². The molecule has 0 radical (unpaired) electrons. The molecule has 1 aliphatic rings. The lowest BCUT2D eigenvalue weighted by molar-refractivity contribution is 0.373. The van der Waals surface area contributed by atoms with Crippen molar-refractivity contribution in [3.63, 3.8) is 0 Å². The van der Waals surface area contributed by atoms with Crippen LogP contribution >= 0.6 is 27.5 Å². The maximum absolute atomic E-state index is 5.67. The van der Waals surface area contributed by atoms with E-state index in [9.17, 15) is 0 Å². The predicted molar refractivity (Wildman–Crippen MR) is 50.1 cm³/mol. The predicted octanol–water partition coefficient (Wildman–Crippen LogP) is 1.93. The fraction of sp³-hybridized carbons (Fsp3) is 0.429. The third-order valence-corrected chi connectivity index (χ3v) is 2.69. The summed E-state index contributed by atoms with van der Waals surface area (Å²) in [5.41, 5.74) is 0.959. The Morgan fingerprint density at radius 3 is 3.00 bits per heavy atom. The van der Waals surface area contributed by atoms with Gasteiger partial charge in [0.15, 0.2) is 0 Å². The summed E-state index contributed by atoms with van der Waals surface area (Å²) in [5, 5.41) is 3.56. The Morgan fingerprint density at radius 1 is 1.67 bits per heavy atom. The quantitative estimate of drug-likeness (QED) is 0.772. The minimum Gasteiger partial charge on any atom is -0.308 e. The molecular formula is C7H7BrClN3. The molecule has 0 bridgehead atoms. The highest BCUT2D eigenvalue weighted by atomic mass is 79.9. The van der Waals surface area contributed by atoms with Gasteiger partial charge in [-0.3, -0.25) is 0 Å². The van der Waals surface area contributed by atoms with E-state index in [-0.39, 0.29) is 0 Å². The van der Waals surface area contributed by atoms with Crippen LogP contribution in [0.2, 0.25) is 5.28 Å². The summed E-state index contributed by atoms with van der Waals surface area (Å²) in [6.45, 7) is 1.05. The summed E-state index contributed by atoms with van der Waals surface area (Å²) in [4.78, 5) is 8.00. The van der Waals surface area contributed by atoms with E-state index in [0.717, 1.165) is 23.1 Å². The van der Waals surface area contributed by atoms with Gasteiger partial charge in [0.25, 0.3) is 0 Å². The molecule has 0 amide bonds. The highest BCUT2D eigenvalue weighted by Gasteiger charge is 2.22. The molecule has 1 aromatic heterocycles. The molecular weight excluding hydrogens is 241 g/mol. The number of nitrogens with zero attached hydrogens (tertiary/aromatic N) is 2. The topological polar surface area (TPSA) is 37.8 Å². The number of aromatic nitrogens is 2. The van der Waals surface area contributed by atoms with Crippen molar-refractivity contribution >= 4 is 27.5 Å². The number of halogens is 2. The fourth-order valence-corrected chi connectivity index (χ4v) is 1.73. The average Bonchev–Trinajstić information content (AvgIpc) is 1.93. The van der Waals surface area contributed by atoms with Gasteiger partial charge < -0.3 is 5.32 Å². The number of hydrogen-bond acceptors (Lipinski definition) is 3. The molecule has 1 aromatic rings. The molecule has 1 N–H and O–H groups in total. The van der Waals surface area contributed by atoms with Gasteiger partial charge in [0, 0.05) is 6.20 Å². The van der Waals surface area contributed by atoms with Crippen LogP contribution in [0.5, 0.6) is 0 Å². The van der Waals surface area contributed by atoms with Crippen molar-refractivity contribution in [3.05, 3.63) is 21.6 Å². The first-order valence-electron chi connectivity index (χ1n) is 3.68. The second-order valence-electron chi connectivity index (χ2n) is 2.67. The van der Waals surface area contributed by atoms with E-state index in [1.54, 1.807) is 6.20 Å². The van der Waals surface area contributed by atoms with Gasteiger partial charge in [-0.05, 0) is 40.5 Å². The maximum Gasteiger partial charge on any atom is 0.222 e. The first-order valence-corrected chi connectivity index (χ1v) is 4.86. The van der Waals surface area contributed by atoms with Gasteiger partial charge in [0.1, 0.15) is 0 Å². The Kier molecular flexibility index (Phi) is 2.30. The van der Waals surface area contributed by atoms with Crippen LogP contribution in [-0.4, -0.2) is 16.5 Å². The van der Waals surface area contributed by atoms with Crippen LogP contribution in [0.25, 0.3) is 0 Å². The van der Waals surface area contributed by atoms with Gasteiger partial charge in [-0.2, -0.15) is 0 Å². The molecule has 12 heavy (non-hydrogen) atoms. The van der Waals surface area contributed by atoms with E-state index < -0.39 is 0 Å². The Morgan fingerprint density at radius 2 is 2.42 bits per heavy atom. The summed E-state index contributed by atoms with van der Waals surface area (Å²) in [5.74, 6) is 0. The maximum atomic E-state index is 5.67. The smallest absolute Gasteiger partial charge is 0.222 e. The van der Waals surface area contributed by atoms with Crippen LogP contribution in [0.15, 0.2) is 10.7 Å². The zero-order valence-corrected chi connectivity index (χ0v) is 8.56. The summed E-state index contributed by atoms with van der Waals surface area (Å²) in [6, 6.07) is 0.347. The Hall–Kier alpha value is -0.190. The second kappa shape index (κ2) is 3.28. The summed E-state index contributed by atoms with van der Waals surface area (Å²) in [7, 11) is 0. The molecule has 0 spiro atoms. The second-order valence-corrected chi connectivity index (χ2v) is 3.86. The van der Waals surface area contributed by atoms with Crippen LogP contribution in [0.4, 0.5) is 0 Å². The van der Waals surface area contributed by atoms with E-state index in [1.165, 1.54) is 0 Å². The van der Waals surface area contributed by atoms with Gasteiger partial charge in [0.2, 0.25) is 5.28 Å². The van der Waals surface area contributed by atoms with Gasteiger partial charge in [-0.15, -0.1) is 0 Å². The normalized spacial score (nSPS) is 22.0. The standard InChI is InChI=1S/C7H7BrClN3/c8-4-3-11-7(9)12-6(4)5-1-2-10-5/h3,5,10H,1-2H2. The average molecular weight is 249 g/mol. The summed E-state index contributed by atoms with van der Waals surface area (Å²) >= 11 is 9.05. The van der Waals surface area contributed by atoms with Crippen molar-refractivity contribution in [3.8, 4) is 0 Å². The first-order chi connectivity index (χ1) is 5.77. The Bertz CT molecular complexity index is 301. The first kappa shape index (κ1) is 8.41. The monoisotopic (exact) mass is 247 g/mol. The van der Waals surface area contributed by atoms with Crippen LogP contribution in [-0.2, 0) is 0 Å². The summed E-state index contributed by atoms with van der Waals surface area (Å²) < 4.78 is 0.920. The van der Waals surface area contributed by atoms with Crippen molar-refractivity contribution < 1.29 is 0 Å². The number of rotatable bonds is 1. The molecule has 2 heterocycles. The molecule has 1 saturated heterocycles. The molecule has 0 aromatic carbocycles. The zero-order chi connectivity index (χ0) is 8.55. The molecule has 2 rings (SSSR count). The highest BCUT2D eigenvalue weighted by molar-refractivity contribution is 9.10. The van der Waals surface area contributed by atoms with Crippen molar-refractivity contribution in [2.75, 3.05) is 6.54 Å². The van der Waals surface area contributed by atoms with Crippen molar-refractivity contribution in [1.29, 1.82) is 0 Å². The number of nitrogens with one attached hydrogen (secondary N) is 1. The van der Waals surface area contributed by atoms with Gasteiger partial charge >= 0.3 is 0 Å². The SMILES string of the molecule is Clc1ncc(Br)c(C2CCN2)n1.